The molecule has 0 radical (unpaired) electrons. The van der Waals surface area contributed by atoms with Gasteiger partial charge in [-0.25, -0.2) is 4.57 Å². The van der Waals surface area contributed by atoms with E-state index in [1.807, 2.05) is 47.6 Å². The molecule has 1 aliphatic heterocycles. The molecule has 1 amide bonds. The SMILES string of the molecule is CC(C)(C)c1ccc(C2C(=C(O)c3ccncc3)C(=O)C(=O)N2CCC[n+]2cc[nH]c2)cc1. The molecule has 2 N–H and O–H groups in total. The van der Waals surface area contributed by atoms with Crippen LogP contribution in [0.5, 0.6) is 0 Å². The Hall–Kier alpha value is -3.74. The third-order valence-electron chi connectivity index (χ3n) is 6.00. The molecule has 4 rings (SSSR count). The summed E-state index contributed by atoms with van der Waals surface area (Å²) >= 11 is 0. The summed E-state index contributed by atoms with van der Waals surface area (Å²) in [6, 6.07) is 10.6. The summed E-state index contributed by atoms with van der Waals surface area (Å²) in [7, 11) is 0. The van der Waals surface area contributed by atoms with E-state index in [-0.39, 0.29) is 16.7 Å². The van der Waals surface area contributed by atoms with Crippen LogP contribution in [0.1, 0.15) is 49.9 Å². The van der Waals surface area contributed by atoms with E-state index in [1.165, 1.54) is 0 Å². The Morgan fingerprint density at radius 1 is 1.12 bits per heavy atom. The maximum absolute atomic E-state index is 13.1. The van der Waals surface area contributed by atoms with Crippen LogP contribution in [0.4, 0.5) is 0 Å². The number of hydrogen-bond donors (Lipinski definition) is 2. The number of pyridine rings is 1. The quantitative estimate of drug-likeness (QED) is 0.263. The van der Waals surface area contributed by atoms with E-state index in [2.05, 4.69) is 30.7 Å². The van der Waals surface area contributed by atoms with Gasteiger partial charge in [-0.1, -0.05) is 45.0 Å². The molecule has 33 heavy (non-hydrogen) atoms. The summed E-state index contributed by atoms with van der Waals surface area (Å²) in [5, 5.41) is 11.1. The van der Waals surface area contributed by atoms with Crippen molar-refractivity contribution in [2.45, 2.75) is 45.2 Å². The predicted molar refractivity (Wildman–Crippen MR) is 124 cm³/mol. The minimum atomic E-state index is -0.663. The van der Waals surface area contributed by atoms with Crippen molar-refractivity contribution in [3.8, 4) is 0 Å². The van der Waals surface area contributed by atoms with Gasteiger partial charge in [0.25, 0.3) is 11.7 Å². The third-order valence-corrected chi connectivity index (χ3v) is 6.00. The lowest BCUT2D eigenvalue weighted by Crippen LogP contribution is -2.36. The second-order valence-corrected chi connectivity index (χ2v) is 9.30. The molecule has 0 bridgehead atoms. The predicted octanol–water partition coefficient (Wildman–Crippen LogP) is 3.51. The largest absolute Gasteiger partial charge is 0.507 e. The van der Waals surface area contributed by atoms with Gasteiger partial charge in [0, 0.05) is 30.9 Å². The highest BCUT2D eigenvalue weighted by molar-refractivity contribution is 6.46. The molecule has 3 heterocycles. The lowest BCUT2D eigenvalue weighted by Gasteiger charge is -2.26. The number of rotatable bonds is 6. The average Bonchev–Trinajstić information content (AvgIpc) is 3.41. The van der Waals surface area contributed by atoms with E-state index in [0.717, 1.165) is 11.1 Å². The van der Waals surface area contributed by atoms with Crippen molar-refractivity contribution < 1.29 is 19.3 Å². The van der Waals surface area contributed by atoms with Gasteiger partial charge in [0.1, 0.15) is 18.2 Å². The molecule has 7 heteroatoms. The van der Waals surface area contributed by atoms with Crippen molar-refractivity contribution in [1.29, 1.82) is 0 Å². The number of carbonyl (C=O) groups excluding carboxylic acids is 2. The number of carbonyl (C=O) groups is 2. The number of hydrogen-bond acceptors (Lipinski definition) is 4. The number of aromatic amines is 1. The summed E-state index contributed by atoms with van der Waals surface area (Å²) in [5.74, 6) is -1.43. The zero-order chi connectivity index (χ0) is 23.6. The summed E-state index contributed by atoms with van der Waals surface area (Å²) in [4.78, 5) is 34.7. The smallest absolute Gasteiger partial charge is 0.295 e. The fourth-order valence-corrected chi connectivity index (χ4v) is 4.17. The van der Waals surface area contributed by atoms with Gasteiger partial charge in [-0.15, -0.1) is 0 Å². The van der Waals surface area contributed by atoms with Crippen molar-refractivity contribution in [3.63, 3.8) is 0 Å². The van der Waals surface area contributed by atoms with Crippen LogP contribution in [0, 0.1) is 0 Å². The summed E-state index contributed by atoms with van der Waals surface area (Å²) in [6.45, 7) is 7.50. The molecule has 1 fully saturated rings. The molecule has 170 valence electrons. The van der Waals surface area contributed by atoms with E-state index in [0.29, 0.717) is 25.1 Å². The van der Waals surface area contributed by atoms with Gasteiger partial charge in [0.2, 0.25) is 6.33 Å². The van der Waals surface area contributed by atoms with E-state index in [1.54, 1.807) is 29.4 Å². The second-order valence-electron chi connectivity index (χ2n) is 9.30. The van der Waals surface area contributed by atoms with Gasteiger partial charge in [-0.3, -0.25) is 19.6 Å². The molecule has 0 spiro atoms. The van der Waals surface area contributed by atoms with Crippen molar-refractivity contribution in [3.05, 3.63) is 89.8 Å². The number of likely N-dealkylation sites (tertiary alicyclic amines) is 1. The summed E-state index contributed by atoms with van der Waals surface area (Å²) in [5.41, 5.74) is 2.50. The number of amides is 1. The molecule has 2 aromatic heterocycles. The molecule has 7 nitrogen and oxygen atoms in total. The van der Waals surface area contributed by atoms with Crippen LogP contribution >= 0.6 is 0 Å². The topological polar surface area (TPSA) is 90.2 Å². The van der Waals surface area contributed by atoms with Crippen LogP contribution in [-0.2, 0) is 21.5 Å². The lowest BCUT2D eigenvalue weighted by molar-refractivity contribution is -0.695. The van der Waals surface area contributed by atoms with Gasteiger partial charge in [-0.2, -0.15) is 0 Å². The van der Waals surface area contributed by atoms with Gasteiger partial charge in [-0.05, 0) is 28.7 Å². The average molecular weight is 446 g/mol. The molecular formula is C26H29N4O3+. The summed E-state index contributed by atoms with van der Waals surface area (Å²) < 4.78 is 1.99. The normalized spacial score (nSPS) is 18.2. The van der Waals surface area contributed by atoms with Crippen LogP contribution in [0.25, 0.3) is 5.76 Å². The van der Waals surface area contributed by atoms with Crippen LogP contribution in [0.3, 0.4) is 0 Å². The number of nitrogens with zero attached hydrogens (tertiary/aromatic N) is 3. The molecule has 1 aromatic carbocycles. The van der Waals surface area contributed by atoms with E-state index < -0.39 is 17.7 Å². The maximum Gasteiger partial charge on any atom is 0.295 e. The molecule has 3 aromatic rings. The molecular weight excluding hydrogens is 416 g/mol. The number of H-pyrrole nitrogens is 1. The fourth-order valence-electron chi connectivity index (χ4n) is 4.17. The number of aliphatic hydroxyl groups is 1. The van der Waals surface area contributed by atoms with E-state index in [4.69, 9.17) is 0 Å². The van der Waals surface area contributed by atoms with Gasteiger partial charge < -0.3 is 10.0 Å². The van der Waals surface area contributed by atoms with E-state index >= 15 is 0 Å². The van der Waals surface area contributed by atoms with Crippen molar-refractivity contribution >= 4 is 17.4 Å². The number of nitrogens with one attached hydrogen (secondary N) is 1. The van der Waals surface area contributed by atoms with Gasteiger partial charge in [0.05, 0.1) is 18.2 Å². The Kier molecular flexibility index (Phi) is 6.14. The Morgan fingerprint density at radius 2 is 1.82 bits per heavy atom. The Balaban J connectivity index is 1.73. The Labute approximate surface area is 193 Å². The fraction of sp³-hybridized carbons (Fsp3) is 0.308. The first-order valence-corrected chi connectivity index (χ1v) is 11.1. The second kappa shape index (κ2) is 9.02. The first-order valence-electron chi connectivity index (χ1n) is 11.1. The van der Waals surface area contributed by atoms with Crippen LogP contribution in [-0.4, -0.2) is 38.2 Å². The number of Topliss-reactive ketones (excluding diaryl/α,β-unsaturated/α-hetero) is 1. The molecule has 1 saturated heterocycles. The monoisotopic (exact) mass is 445 g/mol. The summed E-state index contributed by atoms with van der Waals surface area (Å²) in [6.07, 6.45) is 9.36. The van der Waals surface area contributed by atoms with Crippen LogP contribution in [0.15, 0.2) is 73.1 Å². The third kappa shape index (κ3) is 4.58. The van der Waals surface area contributed by atoms with Crippen molar-refractivity contribution in [2.75, 3.05) is 6.54 Å². The number of benzene rings is 1. The molecule has 1 atom stereocenters. The first kappa shape index (κ1) is 22.5. The van der Waals surface area contributed by atoms with Gasteiger partial charge in [0.15, 0.2) is 0 Å². The number of aryl methyl sites for hydroxylation is 1. The minimum absolute atomic E-state index is 0.0227. The Bertz CT molecular complexity index is 1160. The molecule has 0 saturated carbocycles. The number of aromatic nitrogens is 3. The van der Waals surface area contributed by atoms with E-state index in [9.17, 15) is 14.7 Å². The highest BCUT2D eigenvalue weighted by Crippen LogP contribution is 2.40. The Morgan fingerprint density at radius 3 is 2.42 bits per heavy atom. The number of ketones is 1. The van der Waals surface area contributed by atoms with Crippen LogP contribution in [0.2, 0.25) is 0 Å². The van der Waals surface area contributed by atoms with Gasteiger partial charge >= 0.3 is 0 Å². The van der Waals surface area contributed by atoms with Crippen molar-refractivity contribution in [2.24, 2.45) is 0 Å². The van der Waals surface area contributed by atoms with Crippen molar-refractivity contribution in [1.82, 2.24) is 14.9 Å². The molecule has 0 aliphatic carbocycles. The zero-order valence-corrected chi connectivity index (χ0v) is 19.2. The number of imidazole rings is 1. The molecule has 1 unspecified atom stereocenters. The molecule has 1 aliphatic rings. The first-order chi connectivity index (χ1) is 15.8. The zero-order valence-electron chi connectivity index (χ0n) is 19.2. The van der Waals surface area contributed by atoms with Crippen LogP contribution < -0.4 is 4.57 Å². The lowest BCUT2D eigenvalue weighted by atomic mass is 9.85. The maximum atomic E-state index is 13.1. The number of aliphatic hydroxyl groups excluding tert-OH is 1. The minimum Gasteiger partial charge on any atom is -0.507 e. The standard InChI is InChI=1S/C26H28N4O3/c1-26(2,3)20-7-5-18(6-8-20)22-21(23(31)19-9-11-27-12-10-19)24(32)25(33)30(22)15-4-14-29-16-13-28-17-29/h5-13,16-17,22H,4,14-15H2,1-3H3,(H,31,32)/p+1. The highest BCUT2D eigenvalue weighted by atomic mass is 16.3. The highest BCUT2D eigenvalue weighted by Gasteiger charge is 2.45.